The predicted molar refractivity (Wildman–Crippen MR) is 112 cm³/mol. The van der Waals surface area contributed by atoms with Crippen LogP contribution in [0.2, 0.25) is 0 Å². The van der Waals surface area contributed by atoms with Gasteiger partial charge in [0.05, 0.1) is 10.6 Å². The quantitative estimate of drug-likeness (QED) is 0.537. The van der Waals surface area contributed by atoms with Gasteiger partial charge in [0.2, 0.25) is 21.8 Å². The lowest BCUT2D eigenvalue weighted by Crippen LogP contribution is -2.43. The summed E-state index contributed by atoms with van der Waals surface area (Å²) in [4.78, 5) is 13.7. The number of sulfonamides is 1. The van der Waals surface area contributed by atoms with Gasteiger partial charge < -0.3 is 4.42 Å². The molecule has 1 aliphatic heterocycles. The summed E-state index contributed by atoms with van der Waals surface area (Å²) in [5.41, 5.74) is 0. The smallest absolute Gasteiger partial charge is 0.322 e. The fourth-order valence-corrected chi connectivity index (χ4v) is 5.66. The highest BCUT2D eigenvalue weighted by Crippen LogP contribution is 2.27. The molecule has 0 aliphatic carbocycles. The van der Waals surface area contributed by atoms with Gasteiger partial charge in [-0.05, 0) is 49.2 Å². The van der Waals surface area contributed by atoms with E-state index in [1.54, 1.807) is 0 Å². The summed E-state index contributed by atoms with van der Waals surface area (Å²) in [7, 11) is -3.94. The van der Waals surface area contributed by atoms with Crippen LogP contribution in [0.25, 0.3) is 0 Å². The van der Waals surface area contributed by atoms with Crippen LogP contribution in [-0.2, 0) is 20.6 Å². The Morgan fingerprint density at radius 3 is 2.65 bits per heavy atom. The molecule has 1 amide bonds. The van der Waals surface area contributed by atoms with Crippen molar-refractivity contribution >= 4 is 33.7 Å². The molecular formula is C20H19FN4O4S2. The minimum Gasteiger partial charge on any atom is -0.407 e. The highest BCUT2D eigenvalue weighted by molar-refractivity contribution is 7.98. The Balaban J connectivity index is 1.41. The maximum atomic E-state index is 13.2. The van der Waals surface area contributed by atoms with E-state index in [0.29, 0.717) is 24.5 Å². The maximum Gasteiger partial charge on any atom is 0.322 e. The van der Waals surface area contributed by atoms with E-state index in [9.17, 15) is 17.6 Å². The highest BCUT2D eigenvalue weighted by atomic mass is 32.2. The zero-order chi connectivity index (χ0) is 21.8. The van der Waals surface area contributed by atoms with Crippen molar-refractivity contribution in [3.63, 3.8) is 0 Å². The molecule has 8 nitrogen and oxygen atoms in total. The lowest BCUT2D eigenvalue weighted by molar-refractivity contribution is -0.119. The maximum absolute atomic E-state index is 13.2. The SMILES string of the molecule is O=C(Nc1nnc(CSc2ccccc2)o1)C1CCCN1S(=O)(=O)c1ccc(F)cc1. The van der Waals surface area contributed by atoms with Crippen LogP contribution in [0.15, 0.2) is 68.8 Å². The number of hydrogen-bond donors (Lipinski definition) is 1. The number of halogens is 1. The van der Waals surface area contributed by atoms with Crippen molar-refractivity contribution in [3.05, 3.63) is 66.3 Å². The molecule has 0 spiro atoms. The third-order valence-corrected chi connectivity index (χ3v) is 7.65. The van der Waals surface area contributed by atoms with Gasteiger partial charge in [-0.25, -0.2) is 12.8 Å². The molecule has 0 saturated carbocycles. The van der Waals surface area contributed by atoms with Crippen molar-refractivity contribution in [2.75, 3.05) is 11.9 Å². The highest BCUT2D eigenvalue weighted by Gasteiger charge is 2.39. The van der Waals surface area contributed by atoms with Crippen LogP contribution >= 0.6 is 11.8 Å². The summed E-state index contributed by atoms with van der Waals surface area (Å²) < 4.78 is 45.6. The van der Waals surface area contributed by atoms with Crippen LogP contribution in [-0.4, -0.2) is 41.4 Å². The minimum absolute atomic E-state index is 0.0633. The summed E-state index contributed by atoms with van der Waals surface area (Å²) in [6.07, 6.45) is 0.887. The first-order valence-electron chi connectivity index (χ1n) is 9.52. The van der Waals surface area contributed by atoms with Crippen LogP contribution in [0.4, 0.5) is 10.4 Å². The van der Waals surface area contributed by atoms with Crippen molar-refractivity contribution in [2.45, 2.75) is 34.4 Å². The van der Waals surface area contributed by atoms with Gasteiger partial charge in [0.25, 0.3) is 0 Å². The van der Waals surface area contributed by atoms with E-state index in [0.717, 1.165) is 21.3 Å². The predicted octanol–water partition coefficient (Wildman–Crippen LogP) is 3.29. The van der Waals surface area contributed by atoms with Crippen molar-refractivity contribution in [1.29, 1.82) is 0 Å². The number of amides is 1. The second-order valence-corrected chi connectivity index (χ2v) is 9.76. The van der Waals surface area contributed by atoms with Gasteiger partial charge in [-0.2, -0.15) is 4.31 Å². The molecule has 1 fully saturated rings. The number of nitrogens with one attached hydrogen (secondary N) is 1. The van der Waals surface area contributed by atoms with Gasteiger partial charge in [-0.3, -0.25) is 10.1 Å². The van der Waals surface area contributed by atoms with Crippen LogP contribution in [0.5, 0.6) is 0 Å². The van der Waals surface area contributed by atoms with E-state index in [4.69, 9.17) is 4.42 Å². The second kappa shape index (κ2) is 9.16. The summed E-state index contributed by atoms with van der Waals surface area (Å²) in [5, 5.41) is 10.2. The largest absolute Gasteiger partial charge is 0.407 e. The zero-order valence-corrected chi connectivity index (χ0v) is 17.9. The number of anilines is 1. The van der Waals surface area contributed by atoms with E-state index in [1.807, 2.05) is 30.3 Å². The van der Waals surface area contributed by atoms with E-state index < -0.39 is 27.8 Å². The number of nitrogens with zero attached hydrogens (tertiary/aromatic N) is 3. The van der Waals surface area contributed by atoms with Crippen LogP contribution in [0.1, 0.15) is 18.7 Å². The van der Waals surface area contributed by atoms with Crippen molar-refractivity contribution in [1.82, 2.24) is 14.5 Å². The molecule has 4 rings (SSSR count). The summed E-state index contributed by atoms with van der Waals surface area (Å²) in [6.45, 7) is 0.195. The molecule has 0 radical (unpaired) electrons. The van der Waals surface area contributed by atoms with Crippen molar-refractivity contribution in [2.24, 2.45) is 0 Å². The molecule has 0 bridgehead atoms. The summed E-state index contributed by atoms with van der Waals surface area (Å²) in [6, 6.07) is 13.2. The minimum atomic E-state index is -3.94. The Bertz CT molecular complexity index is 1150. The summed E-state index contributed by atoms with van der Waals surface area (Å²) >= 11 is 1.51. The lowest BCUT2D eigenvalue weighted by atomic mass is 10.2. The molecule has 2 heterocycles. The molecule has 1 N–H and O–H groups in total. The van der Waals surface area contributed by atoms with E-state index in [1.165, 1.54) is 23.9 Å². The number of hydrogen-bond acceptors (Lipinski definition) is 7. The van der Waals surface area contributed by atoms with Crippen LogP contribution in [0, 0.1) is 5.82 Å². The van der Waals surface area contributed by atoms with E-state index in [2.05, 4.69) is 15.5 Å². The Hall–Kier alpha value is -2.76. The molecule has 1 aliphatic rings. The molecule has 2 aromatic carbocycles. The van der Waals surface area contributed by atoms with Gasteiger partial charge in [0.15, 0.2) is 0 Å². The van der Waals surface area contributed by atoms with Crippen molar-refractivity contribution < 1.29 is 22.0 Å². The Morgan fingerprint density at radius 1 is 1.16 bits per heavy atom. The topological polar surface area (TPSA) is 105 Å². The Kier molecular flexibility index (Phi) is 6.35. The molecule has 162 valence electrons. The number of carbonyl (C=O) groups is 1. The monoisotopic (exact) mass is 462 g/mol. The molecular weight excluding hydrogens is 443 g/mol. The first kappa shape index (κ1) is 21.5. The number of aromatic nitrogens is 2. The Labute approximate surface area is 182 Å². The summed E-state index contributed by atoms with van der Waals surface area (Å²) in [5.74, 6) is -0.311. The van der Waals surface area contributed by atoms with Crippen molar-refractivity contribution in [3.8, 4) is 0 Å². The molecule has 31 heavy (non-hydrogen) atoms. The standard InChI is InChI=1S/C20H19FN4O4S2/c21-14-8-10-16(11-9-14)31(27,28)25-12-4-7-17(25)19(26)22-20-24-23-18(29-20)13-30-15-5-2-1-3-6-15/h1-3,5-6,8-11,17H,4,7,12-13H2,(H,22,24,26). The second-order valence-electron chi connectivity index (χ2n) is 6.82. The molecule has 11 heteroatoms. The van der Waals surface area contributed by atoms with E-state index in [-0.39, 0.29) is 17.5 Å². The molecule has 1 aromatic heterocycles. The molecule has 1 atom stereocenters. The van der Waals surface area contributed by atoms with Crippen LogP contribution in [0.3, 0.4) is 0 Å². The zero-order valence-electron chi connectivity index (χ0n) is 16.3. The average molecular weight is 463 g/mol. The van der Waals surface area contributed by atoms with Gasteiger partial charge in [-0.15, -0.1) is 16.9 Å². The third kappa shape index (κ3) is 4.94. The molecule has 1 unspecified atom stereocenters. The van der Waals surface area contributed by atoms with Crippen LogP contribution < -0.4 is 5.32 Å². The number of carbonyl (C=O) groups excluding carboxylic acids is 1. The lowest BCUT2D eigenvalue weighted by Gasteiger charge is -2.22. The van der Waals surface area contributed by atoms with Gasteiger partial charge >= 0.3 is 6.01 Å². The number of rotatable bonds is 7. The third-order valence-electron chi connectivity index (χ3n) is 4.73. The fraction of sp³-hybridized carbons (Fsp3) is 0.250. The number of benzene rings is 2. The molecule has 1 saturated heterocycles. The Morgan fingerprint density at radius 2 is 1.90 bits per heavy atom. The first-order valence-corrected chi connectivity index (χ1v) is 11.9. The molecule has 3 aromatic rings. The fourth-order valence-electron chi connectivity index (χ4n) is 3.24. The van der Waals surface area contributed by atoms with Gasteiger partial charge in [-0.1, -0.05) is 23.3 Å². The van der Waals surface area contributed by atoms with Gasteiger partial charge in [0.1, 0.15) is 11.9 Å². The van der Waals surface area contributed by atoms with E-state index >= 15 is 0 Å². The number of thioether (sulfide) groups is 1. The normalized spacial score (nSPS) is 17.0. The average Bonchev–Trinajstić information content (AvgIpc) is 3.43. The first-order chi connectivity index (χ1) is 14.9. The van der Waals surface area contributed by atoms with Gasteiger partial charge in [0, 0.05) is 11.4 Å².